The molecule has 1 aliphatic rings. The number of aliphatic imine (C=N–C) groups is 1. The summed E-state index contributed by atoms with van der Waals surface area (Å²) in [5.41, 5.74) is 7.80. The van der Waals surface area contributed by atoms with Crippen molar-refractivity contribution in [3.05, 3.63) is 87.6 Å². The van der Waals surface area contributed by atoms with Gasteiger partial charge in [-0.3, -0.25) is 4.79 Å². The Hall–Kier alpha value is -3.05. The monoisotopic (exact) mass is 401 g/mol. The van der Waals surface area contributed by atoms with Crippen molar-refractivity contribution < 1.29 is 4.79 Å². The molecule has 0 atom stereocenters. The first-order chi connectivity index (χ1) is 13.9. The van der Waals surface area contributed by atoms with E-state index in [-0.39, 0.29) is 5.91 Å². The molecule has 0 aliphatic carbocycles. The lowest BCUT2D eigenvalue weighted by molar-refractivity contribution is -0.115. The van der Waals surface area contributed by atoms with Crippen LogP contribution >= 0.6 is 11.8 Å². The third-order valence-electron chi connectivity index (χ3n) is 5.14. The highest BCUT2D eigenvalue weighted by molar-refractivity contribution is 8.18. The molecule has 4 rings (SSSR count). The number of nitrogens with zero attached hydrogens (tertiary/aromatic N) is 2. The van der Waals surface area contributed by atoms with Crippen LogP contribution in [0.25, 0.3) is 11.8 Å². The van der Waals surface area contributed by atoms with Crippen LogP contribution in [-0.4, -0.2) is 15.6 Å². The van der Waals surface area contributed by atoms with Gasteiger partial charge in [0.05, 0.1) is 10.6 Å². The van der Waals surface area contributed by atoms with Gasteiger partial charge in [0.25, 0.3) is 5.91 Å². The van der Waals surface area contributed by atoms with E-state index < -0.39 is 0 Å². The summed E-state index contributed by atoms with van der Waals surface area (Å²) < 4.78 is 2.23. The summed E-state index contributed by atoms with van der Waals surface area (Å²) in [4.78, 5) is 17.6. The van der Waals surface area contributed by atoms with E-state index in [4.69, 9.17) is 0 Å². The molecule has 0 saturated carbocycles. The van der Waals surface area contributed by atoms with Crippen LogP contribution in [0.2, 0.25) is 0 Å². The van der Waals surface area contributed by atoms with Gasteiger partial charge in [-0.2, -0.15) is 0 Å². The Bertz CT molecular complexity index is 1160. The van der Waals surface area contributed by atoms with Crippen molar-refractivity contribution in [2.24, 2.45) is 4.99 Å². The van der Waals surface area contributed by atoms with E-state index in [1.54, 1.807) is 0 Å². The molecule has 0 radical (unpaired) electrons. The Kier molecular flexibility index (Phi) is 5.16. The van der Waals surface area contributed by atoms with Crippen LogP contribution in [0.4, 0.5) is 5.69 Å². The van der Waals surface area contributed by atoms with Crippen molar-refractivity contribution in [3.63, 3.8) is 0 Å². The highest BCUT2D eigenvalue weighted by Crippen LogP contribution is 2.30. The van der Waals surface area contributed by atoms with Crippen molar-refractivity contribution in [3.8, 4) is 5.69 Å². The summed E-state index contributed by atoms with van der Waals surface area (Å²) in [6.45, 7) is 8.43. The summed E-state index contributed by atoms with van der Waals surface area (Å²) in [6.07, 6.45) is 1.95. The lowest BCUT2D eigenvalue weighted by Gasteiger charge is -2.11. The lowest BCUT2D eigenvalue weighted by atomic mass is 10.1. The molecule has 1 N–H and O–H groups in total. The molecule has 2 heterocycles. The van der Waals surface area contributed by atoms with Crippen LogP contribution in [-0.2, 0) is 4.79 Å². The number of amides is 1. The van der Waals surface area contributed by atoms with Gasteiger partial charge in [0.2, 0.25) is 0 Å². The molecule has 146 valence electrons. The third kappa shape index (κ3) is 3.91. The highest BCUT2D eigenvalue weighted by atomic mass is 32.2. The maximum atomic E-state index is 12.4. The minimum absolute atomic E-state index is 0.110. The molecule has 1 amide bonds. The van der Waals surface area contributed by atoms with Gasteiger partial charge in [-0.1, -0.05) is 24.3 Å². The zero-order valence-electron chi connectivity index (χ0n) is 17.0. The summed E-state index contributed by atoms with van der Waals surface area (Å²) in [6, 6.07) is 18.2. The predicted octanol–water partition coefficient (Wildman–Crippen LogP) is 5.60. The van der Waals surface area contributed by atoms with Gasteiger partial charge in [0, 0.05) is 17.1 Å². The molecule has 1 saturated heterocycles. The van der Waals surface area contributed by atoms with E-state index in [1.807, 2.05) is 36.4 Å². The summed E-state index contributed by atoms with van der Waals surface area (Å²) in [5, 5.41) is 3.46. The van der Waals surface area contributed by atoms with Crippen LogP contribution in [0.3, 0.4) is 0 Å². The quantitative estimate of drug-likeness (QED) is 0.581. The second-order valence-electron chi connectivity index (χ2n) is 7.25. The average molecular weight is 402 g/mol. The Morgan fingerprint density at radius 2 is 1.72 bits per heavy atom. The number of hydrogen-bond donors (Lipinski definition) is 1. The Balaban J connectivity index is 1.66. The number of para-hydroxylation sites is 1. The number of benzene rings is 2. The van der Waals surface area contributed by atoms with Crippen molar-refractivity contribution in [1.82, 2.24) is 9.88 Å². The van der Waals surface area contributed by atoms with Gasteiger partial charge in [-0.05, 0) is 92.6 Å². The van der Waals surface area contributed by atoms with Crippen LogP contribution < -0.4 is 5.32 Å². The maximum Gasteiger partial charge on any atom is 0.264 e. The minimum Gasteiger partial charge on any atom is -0.318 e. The van der Waals surface area contributed by atoms with E-state index in [1.165, 1.54) is 22.9 Å². The molecular weight excluding hydrogens is 378 g/mol. The van der Waals surface area contributed by atoms with Gasteiger partial charge in [0.15, 0.2) is 5.17 Å². The van der Waals surface area contributed by atoms with Gasteiger partial charge in [-0.25, -0.2) is 4.99 Å². The van der Waals surface area contributed by atoms with E-state index in [0.717, 1.165) is 28.3 Å². The van der Waals surface area contributed by atoms with Crippen molar-refractivity contribution in [2.75, 3.05) is 0 Å². The summed E-state index contributed by atoms with van der Waals surface area (Å²) in [5.74, 6) is -0.110. The minimum atomic E-state index is -0.110. The number of carbonyl (C=O) groups excluding carboxylic acids is 1. The van der Waals surface area contributed by atoms with Crippen molar-refractivity contribution >= 4 is 34.6 Å². The highest BCUT2D eigenvalue weighted by Gasteiger charge is 2.24. The molecule has 1 aliphatic heterocycles. The standard InChI is InChI=1S/C24H23N3OS/c1-15-10-11-21(12-16(15)2)27-17(3)13-19(18(27)4)14-22-23(28)26-24(29-22)25-20-8-6-5-7-9-20/h5-14H,1-4H3,(H,25,26,28)/b22-14-. The van der Waals surface area contributed by atoms with Crippen LogP contribution in [0.5, 0.6) is 0 Å². The zero-order valence-corrected chi connectivity index (χ0v) is 17.8. The molecular formula is C24H23N3OS. The second kappa shape index (κ2) is 7.76. The number of amidine groups is 1. The molecule has 0 bridgehead atoms. The van der Waals surface area contributed by atoms with Gasteiger partial charge in [-0.15, -0.1) is 0 Å². The second-order valence-corrected chi connectivity index (χ2v) is 8.28. The number of carbonyl (C=O) groups is 1. The first-order valence-electron chi connectivity index (χ1n) is 9.53. The van der Waals surface area contributed by atoms with Crippen LogP contribution in [0, 0.1) is 27.7 Å². The van der Waals surface area contributed by atoms with E-state index in [0.29, 0.717) is 10.1 Å². The number of aryl methyl sites for hydroxylation is 3. The van der Waals surface area contributed by atoms with E-state index in [9.17, 15) is 4.79 Å². The molecule has 3 aromatic rings. The smallest absolute Gasteiger partial charge is 0.264 e. The summed E-state index contributed by atoms with van der Waals surface area (Å²) >= 11 is 1.37. The van der Waals surface area contributed by atoms with Crippen molar-refractivity contribution in [1.29, 1.82) is 0 Å². The number of hydrogen-bond acceptors (Lipinski definition) is 3. The Labute approximate surface area is 175 Å². The van der Waals surface area contributed by atoms with Gasteiger partial charge >= 0.3 is 0 Å². The topological polar surface area (TPSA) is 46.4 Å². The fraction of sp³-hybridized carbons (Fsp3) is 0.167. The first kappa shape index (κ1) is 19.3. The Morgan fingerprint density at radius 3 is 2.45 bits per heavy atom. The molecule has 29 heavy (non-hydrogen) atoms. The normalized spacial score (nSPS) is 16.6. The number of nitrogens with one attached hydrogen (secondary N) is 1. The van der Waals surface area contributed by atoms with E-state index in [2.05, 4.69) is 66.8 Å². The van der Waals surface area contributed by atoms with E-state index >= 15 is 0 Å². The third-order valence-corrected chi connectivity index (χ3v) is 6.05. The Morgan fingerprint density at radius 1 is 0.966 bits per heavy atom. The largest absolute Gasteiger partial charge is 0.318 e. The zero-order chi connectivity index (χ0) is 20.5. The molecule has 2 aromatic carbocycles. The lowest BCUT2D eigenvalue weighted by Crippen LogP contribution is -2.19. The first-order valence-corrected chi connectivity index (χ1v) is 10.4. The van der Waals surface area contributed by atoms with Crippen LogP contribution in [0.1, 0.15) is 28.1 Å². The number of thioether (sulfide) groups is 1. The molecule has 5 heteroatoms. The number of rotatable bonds is 3. The molecule has 0 unspecified atom stereocenters. The molecule has 1 fully saturated rings. The average Bonchev–Trinajstić information content (AvgIpc) is 3.17. The molecule has 1 aromatic heterocycles. The number of aromatic nitrogens is 1. The fourth-order valence-electron chi connectivity index (χ4n) is 3.44. The molecule has 0 spiro atoms. The van der Waals surface area contributed by atoms with Crippen LogP contribution in [0.15, 0.2) is 64.5 Å². The maximum absolute atomic E-state index is 12.4. The predicted molar refractivity (Wildman–Crippen MR) is 122 cm³/mol. The van der Waals surface area contributed by atoms with Gasteiger partial charge in [0.1, 0.15) is 0 Å². The van der Waals surface area contributed by atoms with Gasteiger partial charge < -0.3 is 9.88 Å². The SMILES string of the molecule is Cc1ccc(-n2c(C)cc(/C=C3\SC(=Nc4ccccc4)NC3=O)c2C)cc1C. The summed E-state index contributed by atoms with van der Waals surface area (Å²) in [7, 11) is 0. The van der Waals surface area contributed by atoms with Crippen molar-refractivity contribution in [2.45, 2.75) is 27.7 Å². The fourth-order valence-corrected chi connectivity index (χ4v) is 4.27. The molecule has 4 nitrogen and oxygen atoms in total.